The minimum Gasteiger partial charge on any atom is -0.463 e. The molecule has 0 bridgehead atoms. The summed E-state index contributed by atoms with van der Waals surface area (Å²) in [7, 11) is 0. The van der Waals surface area contributed by atoms with E-state index in [0.717, 1.165) is 11.1 Å². The van der Waals surface area contributed by atoms with Crippen LogP contribution in [0.3, 0.4) is 0 Å². The number of nitrogens with zero attached hydrogens (tertiary/aromatic N) is 1. The fraction of sp³-hybridized carbons (Fsp3) is 0.143. The van der Waals surface area contributed by atoms with Gasteiger partial charge in [0.1, 0.15) is 0 Å². The van der Waals surface area contributed by atoms with Crippen molar-refractivity contribution in [3.63, 3.8) is 0 Å². The van der Waals surface area contributed by atoms with Gasteiger partial charge in [0.05, 0.1) is 6.26 Å². The van der Waals surface area contributed by atoms with Gasteiger partial charge in [0.15, 0.2) is 11.5 Å². The first-order valence-electron chi connectivity index (χ1n) is 5.53. The molecule has 2 rings (SSSR count). The Morgan fingerprint density at radius 2 is 1.94 bits per heavy atom. The third-order valence-corrected chi connectivity index (χ3v) is 2.35. The lowest BCUT2D eigenvalue weighted by Crippen LogP contribution is -2.05. The molecule has 18 heavy (non-hydrogen) atoms. The van der Waals surface area contributed by atoms with Crippen molar-refractivity contribution in [2.24, 2.45) is 5.16 Å². The molecule has 0 unspecified atom stereocenters. The van der Waals surface area contributed by atoms with Crippen LogP contribution >= 0.6 is 0 Å². The number of aryl methyl sites for hydroxylation is 1. The first-order valence-corrected chi connectivity index (χ1v) is 5.53. The van der Waals surface area contributed by atoms with E-state index in [1.807, 2.05) is 31.2 Å². The summed E-state index contributed by atoms with van der Waals surface area (Å²) in [5, 5.41) is 3.84. The molecule has 0 spiro atoms. The van der Waals surface area contributed by atoms with Crippen LogP contribution in [-0.2, 0) is 9.63 Å². The third kappa shape index (κ3) is 2.85. The number of benzene rings is 1. The van der Waals surface area contributed by atoms with Gasteiger partial charge in [-0.3, -0.25) is 0 Å². The van der Waals surface area contributed by atoms with Crippen molar-refractivity contribution in [1.29, 1.82) is 0 Å². The molecule has 2 aromatic rings. The van der Waals surface area contributed by atoms with Crippen LogP contribution in [0.5, 0.6) is 0 Å². The molecule has 0 saturated heterocycles. The maximum absolute atomic E-state index is 10.8. The SMILES string of the molecule is CC(=O)O/N=C(/c1ccc(C)cc1)c1ccco1. The van der Waals surface area contributed by atoms with Gasteiger partial charge in [-0.15, -0.1) is 0 Å². The van der Waals surface area contributed by atoms with Crippen molar-refractivity contribution < 1.29 is 14.0 Å². The van der Waals surface area contributed by atoms with Crippen LogP contribution in [-0.4, -0.2) is 11.7 Å². The van der Waals surface area contributed by atoms with Crippen molar-refractivity contribution in [3.05, 3.63) is 59.5 Å². The van der Waals surface area contributed by atoms with Gasteiger partial charge in [-0.25, -0.2) is 4.79 Å². The largest absolute Gasteiger partial charge is 0.463 e. The molecule has 1 heterocycles. The first kappa shape index (κ1) is 12.1. The Hall–Kier alpha value is -2.36. The van der Waals surface area contributed by atoms with E-state index in [-0.39, 0.29) is 0 Å². The van der Waals surface area contributed by atoms with Crippen molar-refractivity contribution >= 4 is 11.7 Å². The second-order valence-electron chi connectivity index (χ2n) is 3.87. The number of carbonyl (C=O) groups is 1. The van der Waals surface area contributed by atoms with Crippen LogP contribution in [0.4, 0.5) is 0 Å². The molecule has 4 nitrogen and oxygen atoms in total. The molecule has 0 aliphatic heterocycles. The zero-order valence-electron chi connectivity index (χ0n) is 10.2. The first-order chi connectivity index (χ1) is 8.66. The number of rotatable bonds is 3. The second-order valence-corrected chi connectivity index (χ2v) is 3.87. The van der Waals surface area contributed by atoms with Gasteiger partial charge < -0.3 is 9.25 Å². The lowest BCUT2D eigenvalue weighted by atomic mass is 10.1. The molecule has 0 fully saturated rings. The summed E-state index contributed by atoms with van der Waals surface area (Å²) in [5.41, 5.74) is 2.47. The van der Waals surface area contributed by atoms with Crippen LogP contribution in [0.1, 0.15) is 23.8 Å². The van der Waals surface area contributed by atoms with Crippen molar-refractivity contribution in [2.45, 2.75) is 13.8 Å². The molecule has 0 amide bonds. The smallest absolute Gasteiger partial charge is 0.332 e. The topological polar surface area (TPSA) is 51.8 Å². The summed E-state index contributed by atoms with van der Waals surface area (Å²) >= 11 is 0. The number of hydrogen-bond acceptors (Lipinski definition) is 4. The minimum absolute atomic E-state index is 0.467. The van der Waals surface area contributed by atoms with Crippen molar-refractivity contribution in [3.8, 4) is 0 Å². The van der Waals surface area contributed by atoms with Gasteiger partial charge in [-0.1, -0.05) is 35.0 Å². The number of furan rings is 1. The predicted octanol–water partition coefficient (Wildman–Crippen LogP) is 2.90. The fourth-order valence-electron chi connectivity index (χ4n) is 1.47. The Bertz CT molecular complexity index is 553. The van der Waals surface area contributed by atoms with Gasteiger partial charge in [0, 0.05) is 12.5 Å². The van der Waals surface area contributed by atoms with E-state index >= 15 is 0 Å². The Balaban J connectivity index is 2.39. The van der Waals surface area contributed by atoms with Gasteiger partial charge in [-0.2, -0.15) is 0 Å². The van der Waals surface area contributed by atoms with Gasteiger partial charge >= 0.3 is 5.97 Å². The van der Waals surface area contributed by atoms with Gasteiger partial charge in [0.2, 0.25) is 0 Å². The number of carbonyl (C=O) groups excluding carboxylic acids is 1. The van der Waals surface area contributed by atoms with E-state index in [0.29, 0.717) is 11.5 Å². The van der Waals surface area contributed by atoms with Gasteiger partial charge in [-0.05, 0) is 19.1 Å². The highest BCUT2D eigenvalue weighted by atomic mass is 16.7. The molecule has 1 aromatic heterocycles. The summed E-state index contributed by atoms with van der Waals surface area (Å²) < 4.78 is 5.29. The normalized spacial score (nSPS) is 11.3. The molecule has 0 N–H and O–H groups in total. The molecule has 0 atom stereocenters. The summed E-state index contributed by atoms with van der Waals surface area (Å²) in [4.78, 5) is 15.5. The average Bonchev–Trinajstić information content (AvgIpc) is 2.85. The van der Waals surface area contributed by atoms with Gasteiger partial charge in [0.25, 0.3) is 0 Å². The highest BCUT2D eigenvalue weighted by Crippen LogP contribution is 2.13. The minimum atomic E-state index is -0.467. The molecule has 0 saturated carbocycles. The highest BCUT2D eigenvalue weighted by molar-refractivity contribution is 6.11. The lowest BCUT2D eigenvalue weighted by molar-refractivity contribution is -0.140. The van der Waals surface area contributed by atoms with E-state index in [2.05, 4.69) is 5.16 Å². The van der Waals surface area contributed by atoms with Crippen molar-refractivity contribution in [1.82, 2.24) is 0 Å². The van der Waals surface area contributed by atoms with E-state index in [1.54, 1.807) is 18.4 Å². The fourth-order valence-corrected chi connectivity index (χ4v) is 1.47. The van der Waals surface area contributed by atoms with Crippen LogP contribution in [0.15, 0.2) is 52.2 Å². The number of hydrogen-bond donors (Lipinski definition) is 0. The quantitative estimate of drug-likeness (QED) is 0.473. The van der Waals surface area contributed by atoms with E-state index < -0.39 is 5.97 Å². The highest BCUT2D eigenvalue weighted by Gasteiger charge is 2.11. The molecular weight excluding hydrogens is 230 g/mol. The molecular formula is C14H13NO3. The average molecular weight is 243 g/mol. The Morgan fingerprint density at radius 1 is 1.22 bits per heavy atom. The van der Waals surface area contributed by atoms with Crippen LogP contribution < -0.4 is 0 Å². The van der Waals surface area contributed by atoms with E-state index in [9.17, 15) is 4.79 Å². The Kier molecular flexibility index (Phi) is 3.57. The van der Waals surface area contributed by atoms with Crippen LogP contribution in [0.25, 0.3) is 0 Å². The Labute approximate surface area is 105 Å². The molecule has 0 aliphatic rings. The van der Waals surface area contributed by atoms with Crippen LogP contribution in [0, 0.1) is 6.92 Å². The molecule has 0 aliphatic carbocycles. The second kappa shape index (κ2) is 5.31. The molecule has 4 heteroatoms. The number of oxime groups is 1. The third-order valence-electron chi connectivity index (χ3n) is 2.35. The molecule has 0 radical (unpaired) electrons. The summed E-state index contributed by atoms with van der Waals surface area (Å²) in [6.45, 7) is 3.30. The zero-order valence-corrected chi connectivity index (χ0v) is 10.2. The standard InChI is InChI=1S/C14H13NO3/c1-10-5-7-12(8-6-10)14(15-18-11(2)16)13-4-3-9-17-13/h3-9H,1-2H3/b15-14-. The molecule has 1 aromatic carbocycles. The van der Waals surface area contributed by atoms with Crippen molar-refractivity contribution in [2.75, 3.05) is 0 Å². The molecule has 92 valence electrons. The van der Waals surface area contributed by atoms with Crippen LogP contribution in [0.2, 0.25) is 0 Å². The summed E-state index contributed by atoms with van der Waals surface area (Å²) in [5.74, 6) is 0.0891. The van der Waals surface area contributed by atoms with E-state index in [1.165, 1.54) is 6.92 Å². The zero-order chi connectivity index (χ0) is 13.0. The Morgan fingerprint density at radius 3 is 2.50 bits per heavy atom. The summed E-state index contributed by atoms with van der Waals surface area (Å²) in [6.07, 6.45) is 1.55. The lowest BCUT2D eigenvalue weighted by Gasteiger charge is -2.03. The monoisotopic (exact) mass is 243 g/mol. The maximum atomic E-state index is 10.8. The predicted molar refractivity (Wildman–Crippen MR) is 67.3 cm³/mol. The maximum Gasteiger partial charge on any atom is 0.332 e. The summed E-state index contributed by atoms with van der Waals surface area (Å²) in [6, 6.07) is 11.2. The van der Waals surface area contributed by atoms with E-state index in [4.69, 9.17) is 9.25 Å².